The lowest BCUT2D eigenvalue weighted by atomic mass is 10.1. The highest BCUT2D eigenvalue weighted by Crippen LogP contribution is 2.33. The lowest BCUT2D eigenvalue weighted by molar-refractivity contribution is -0.138. The van der Waals surface area contributed by atoms with Crippen molar-refractivity contribution in [1.82, 2.24) is 30.0 Å². The molecule has 13 heteroatoms. The van der Waals surface area contributed by atoms with Gasteiger partial charge in [0.1, 0.15) is 17.5 Å². The van der Waals surface area contributed by atoms with Crippen molar-refractivity contribution in [3.8, 4) is 0 Å². The van der Waals surface area contributed by atoms with Gasteiger partial charge in [-0.2, -0.15) is 13.2 Å². The van der Waals surface area contributed by atoms with Gasteiger partial charge in [0.05, 0.1) is 17.9 Å². The van der Waals surface area contributed by atoms with E-state index < -0.39 is 29.6 Å². The van der Waals surface area contributed by atoms with Gasteiger partial charge in [-0.25, -0.2) is 15.0 Å². The molecule has 2 amide bonds. The van der Waals surface area contributed by atoms with E-state index in [-0.39, 0.29) is 28.4 Å². The van der Waals surface area contributed by atoms with Gasteiger partial charge in [0.25, 0.3) is 11.8 Å². The van der Waals surface area contributed by atoms with Crippen molar-refractivity contribution in [1.29, 1.82) is 0 Å². The number of carbonyl (C=O) groups excluding carboxylic acids is 2. The quantitative estimate of drug-likeness (QED) is 0.455. The molecule has 10 nitrogen and oxygen atoms in total. The van der Waals surface area contributed by atoms with Gasteiger partial charge in [0.2, 0.25) is 5.76 Å². The number of alkyl halides is 3. The summed E-state index contributed by atoms with van der Waals surface area (Å²) >= 11 is 0. The van der Waals surface area contributed by atoms with Crippen LogP contribution in [0.4, 0.5) is 18.9 Å². The van der Waals surface area contributed by atoms with E-state index in [1.807, 2.05) is 0 Å². The number of benzene rings is 1. The van der Waals surface area contributed by atoms with Crippen molar-refractivity contribution in [3.63, 3.8) is 0 Å². The summed E-state index contributed by atoms with van der Waals surface area (Å²) in [5, 5.41) is 8.84. The van der Waals surface area contributed by atoms with Gasteiger partial charge >= 0.3 is 6.18 Å². The highest BCUT2D eigenvalue weighted by atomic mass is 19.4. The first kappa shape index (κ1) is 22.9. The van der Waals surface area contributed by atoms with Gasteiger partial charge in [-0.05, 0) is 31.5 Å². The van der Waals surface area contributed by atoms with E-state index in [2.05, 4.69) is 30.7 Å². The van der Waals surface area contributed by atoms with Crippen LogP contribution in [-0.2, 0) is 13.2 Å². The highest BCUT2D eigenvalue weighted by Gasteiger charge is 2.32. The summed E-state index contributed by atoms with van der Waals surface area (Å²) in [6, 6.07) is 4.07. The van der Waals surface area contributed by atoms with Crippen molar-refractivity contribution in [3.05, 3.63) is 65.2 Å². The van der Waals surface area contributed by atoms with Gasteiger partial charge in [-0.15, -0.1) is 0 Å². The summed E-state index contributed by atoms with van der Waals surface area (Å²) in [7, 11) is 1.70. The number of aryl methyl sites for hydroxylation is 2. The van der Waals surface area contributed by atoms with Gasteiger partial charge in [-0.3, -0.25) is 9.59 Å². The molecule has 0 fully saturated rings. The maximum Gasteiger partial charge on any atom is 0.416 e. The second kappa shape index (κ2) is 8.57. The Morgan fingerprint density at radius 3 is 2.62 bits per heavy atom. The van der Waals surface area contributed by atoms with Crippen LogP contribution in [0.5, 0.6) is 0 Å². The van der Waals surface area contributed by atoms with E-state index in [1.54, 1.807) is 18.5 Å². The maximum absolute atomic E-state index is 13.1. The number of imidazole rings is 1. The maximum atomic E-state index is 13.1. The molecule has 1 atom stereocenters. The zero-order chi connectivity index (χ0) is 24.6. The fourth-order valence-electron chi connectivity index (χ4n) is 3.29. The van der Waals surface area contributed by atoms with Crippen LogP contribution in [0.3, 0.4) is 0 Å². The Kier molecular flexibility index (Phi) is 5.77. The van der Waals surface area contributed by atoms with Crippen LogP contribution in [0, 0.1) is 6.92 Å². The third-order valence-electron chi connectivity index (χ3n) is 5.07. The zero-order valence-electron chi connectivity index (χ0n) is 18.1. The molecule has 3 aromatic heterocycles. The van der Waals surface area contributed by atoms with E-state index in [4.69, 9.17) is 4.52 Å². The standard InChI is InChI=1S/C21H18F3N7O3/c1-10-4-5-12(6-13(10)21(22,23)24)29-19(32)15-7-14(30-34-15)11(2)28-20(33)16-17-18(26-8-25-16)27-9-31(17)3/h4-9,11H,1-3H3,(H,28,33)(H,29,32)/t11-/m1/s1. The number of aromatic nitrogens is 5. The summed E-state index contributed by atoms with van der Waals surface area (Å²) in [5.74, 6) is -1.54. The summed E-state index contributed by atoms with van der Waals surface area (Å²) in [6.45, 7) is 2.95. The van der Waals surface area contributed by atoms with Crippen molar-refractivity contribution in [2.24, 2.45) is 7.05 Å². The van der Waals surface area contributed by atoms with Crippen molar-refractivity contribution < 1.29 is 27.3 Å². The van der Waals surface area contributed by atoms with Crippen LogP contribution in [0.2, 0.25) is 0 Å². The molecule has 4 rings (SSSR count). The summed E-state index contributed by atoms with van der Waals surface area (Å²) in [4.78, 5) is 37.3. The number of rotatable bonds is 5. The molecule has 2 N–H and O–H groups in total. The number of carbonyl (C=O) groups is 2. The minimum Gasteiger partial charge on any atom is -0.351 e. The lowest BCUT2D eigenvalue weighted by Crippen LogP contribution is -2.28. The average molecular weight is 473 g/mol. The molecular formula is C21H18F3N7O3. The van der Waals surface area contributed by atoms with Crippen molar-refractivity contribution in [2.45, 2.75) is 26.1 Å². The predicted octanol–water partition coefficient (Wildman–Crippen LogP) is 3.42. The molecule has 0 unspecified atom stereocenters. The highest BCUT2D eigenvalue weighted by molar-refractivity contribution is 6.03. The lowest BCUT2D eigenvalue weighted by Gasteiger charge is -2.12. The van der Waals surface area contributed by atoms with E-state index >= 15 is 0 Å². The number of fused-ring (bicyclic) bond motifs is 1. The molecule has 3 heterocycles. The third-order valence-corrected chi connectivity index (χ3v) is 5.07. The Balaban J connectivity index is 1.47. The summed E-state index contributed by atoms with van der Waals surface area (Å²) < 4.78 is 46.0. The molecule has 0 aliphatic carbocycles. The molecule has 34 heavy (non-hydrogen) atoms. The first-order valence-electron chi connectivity index (χ1n) is 9.93. The SMILES string of the molecule is Cc1ccc(NC(=O)c2cc([C@@H](C)NC(=O)c3ncnc4ncn(C)c34)no2)cc1C(F)(F)F. The minimum absolute atomic E-state index is 0.0316. The molecule has 0 aliphatic heterocycles. The molecular weight excluding hydrogens is 455 g/mol. The monoisotopic (exact) mass is 473 g/mol. The number of nitrogens with zero attached hydrogens (tertiary/aromatic N) is 5. The van der Waals surface area contributed by atoms with Crippen LogP contribution >= 0.6 is 0 Å². The Bertz CT molecular complexity index is 1390. The molecule has 0 spiro atoms. The number of anilines is 1. The smallest absolute Gasteiger partial charge is 0.351 e. The third kappa shape index (κ3) is 4.44. The molecule has 4 aromatic rings. The first-order valence-corrected chi connectivity index (χ1v) is 9.93. The van der Waals surface area contributed by atoms with Crippen LogP contribution in [-0.4, -0.2) is 36.5 Å². The van der Waals surface area contributed by atoms with E-state index in [9.17, 15) is 22.8 Å². The Hall–Kier alpha value is -4.29. The number of amides is 2. The number of halogens is 3. The average Bonchev–Trinajstić information content (AvgIpc) is 3.42. The van der Waals surface area contributed by atoms with Gasteiger partial charge in [-0.1, -0.05) is 11.2 Å². The summed E-state index contributed by atoms with van der Waals surface area (Å²) in [6.07, 6.45) is -1.82. The molecule has 0 saturated heterocycles. The number of nitrogens with one attached hydrogen (secondary N) is 2. The van der Waals surface area contributed by atoms with Gasteiger partial charge in [0.15, 0.2) is 11.3 Å². The predicted molar refractivity (Wildman–Crippen MR) is 113 cm³/mol. The fraction of sp³-hybridized carbons (Fsp3) is 0.238. The van der Waals surface area contributed by atoms with Crippen LogP contribution in [0.1, 0.15) is 50.8 Å². The number of hydrogen-bond acceptors (Lipinski definition) is 7. The zero-order valence-corrected chi connectivity index (χ0v) is 18.1. The molecule has 0 saturated carbocycles. The Labute approximate surface area is 190 Å². The van der Waals surface area contributed by atoms with Crippen molar-refractivity contribution in [2.75, 3.05) is 5.32 Å². The van der Waals surface area contributed by atoms with E-state index in [0.29, 0.717) is 11.2 Å². The molecule has 0 bridgehead atoms. The number of hydrogen-bond donors (Lipinski definition) is 2. The largest absolute Gasteiger partial charge is 0.416 e. The Morgan fingerprint density at radius 1 is 1.12 bits per heavy atom. The van der Waals surface area contributed by atoms with Crippen molar-refractivity contribution >= 4 is 28.7 Å². The molecule has 1 aromatic carbocycles. The van der Waals surface area contributed by atoms with Gasteiger partial charge in [0, 0.05) is 18.8 Å². The second-order valence-corrected chi connectivity index (χ2v) is 7.54. The minimum atomic E-state index is -4.55. The Morgan fingerprint density at radius 2 is 1.88 bits per heavy atom. The summed E-state index contributed by atoms with van der Waals surface area (Å²) in [5.41, 5.74) is 0.276. The molecule has 0 aliphatic rings. The van der Waals surface area contributed by atoms with Crippen LogP contribution in [0.15, 0.2) is 41.4 Å². The topological polar surface area (TPSA) is 128 Å². The van der Waals surface area contributed by atoms with E-state index in [0.717, 1.165) is 6.07 Å². The normalized spacial score (nSPS) is 12.5. The first-order chi connectivity index (χ1) is 16.0. The fourth-order valence-corrected chi connectivity index (χ4v) is 3.29. The second-order valence-electron chi connectivity index (χ2n) is 7.54. The van der Waals surface area contributed by atoms with Crippen LogP contribution in [0.25, 0.3) is 11.2 Å². The van der Waals surface area contributed by atoms with Crippen LogP contribution < -0.4 is 10.6 Å². The van der Waals surface area contributed by atoms with E-state index in [1.165, 1.54) is 37.8 Å². The molecule has 0 radical (unpaired) electrons. The molecule has 176 valence electrons. The van der Waals surface area contributed by atoms with Gasteiger partial charge < -0.3 is 19.7 Å².